The summed E-state index contributed by atoms with van der Waals surface area (Å²) in [6.45, 7) is 79.9. The SMILES string of the molecule is CC(=O)c1ccc(C(C)(C)C)s1.CC(C)(C)C1=NCC=C1.CC(C)(C)c1cc[nH]c1.CC(C)(C)c1ccccc1.CC(C)(C)c1cccnc1.CC(C)(C)c1ncco1.CC(C)(C)c1nccs1.CC1=NCC(C)=C1C(C)(C)C.Cn1ccc(C(C)(C)C)c1.Cn1cccc1C(C)(C)C.Cn1cncc1C(C)(C)C. The third-order valence-electron chi connectivity index (χ3n) is 17.0. The number of carbonyl (C=O) groups excluding carboxylic acids is 1. The van der Waals surface area contributed by atoms with Gasteiger partial charge in [-0.05, 0) is 135 Å². The van der Waals surface area contributed by atoms with Crippen molar-refractivity contribution in [2.45, 2.75) is 298 Å². The Balaban J connectivity index is 0.000000600. The Bertz CT molecular complexity index is 3880. The molecule has 12 nitrogen and oxygen atoms in total. The number of imidazole rings is 1. The molecule has 1 N–H and O–H groups in total. The quantitative estimate of drug-likeness (QED) is 0.163. The fourth-order valence-electron chi connectivity index (χ4n) is 10.7. The third-order valence-corrected chi connectivity index (χ3v) is 19.8. The highest BCUT2D eigenvalue weighted by Gasteiger charge is 2.26. The number of nitrogens with zero attached hydrogens (tertiary/aromatic N) is 9. The number of carbonyl (C=O) groups is 1. The first-order chi connectivity index (χ1) is 49.5. The number of Topliss-reactive ketones (excluding diaryl/α,β-unsaturated/α-hetero) is 1. The molecule has 10 heterocycles. The number of H-pyrrole nitrogens is 1. The molecule has 2 aliphatic rings. The first-order valence-corrected chi connectivity index (χ1v) is 40.3. The number of aryl methyl sites for hydroxylation is 3. The van der Waals surface area contributed by atoms with Gasteiger partial charge in [-0.1, -0.05) is 271 Å². The number of ketones is 1. The summed E-state index contributed by atoms with van der Waals surface area (Å²) in [6.07, 6.45) is 27.1. The van der Waals surface area contributed by atoms with Gasteiger partial charge in [-0.25, -0.2) is 15.0 Å². The van der Waals surface area contributed by atoms with Crippen molar-refractivity contribution in [3.05, 3.63) is 236 Å². The van der Waals surface area contributed by atoms with Crippen LogP contribution in [0.2, 0.25) is 0 Å². The van der Waals surface area contributed by atoms with Crippen LogP contribution in [0.4, 0.5) is 0 Å². The second kappa shape index (κ2) is 42.7. The highest BCUT2D eigenvalue weighted by molar-refractivity contribution is 7.14. The number of hydrogen-bond acceptors (Lipinski definition) is 10. The minimum Gasteiger partial charge on any atom is -0.448 e. The van der Waals surface area contributed by atoms with Crippen molar-refractivity contribution in [3.63, 3.8) is 0 Å². The lowest BCUT2D eigenvalue weighted by Gasteiger charge is -2.21. The predicted molar refractivity (Wildman–Crippen MR) is 478 cm³/mol. The van der Waals surface area contributed by atoms with Crippen LogP contribution >= 0.6 is 22.7 Å². The number of thiophene rings is 1. The van der Waals surface area contributed by atoms with E-state index in [9.17, 15) is 4.79 Å². The average molecular weight is 1530 g/mol. The van der Waals surface area contributed by atoms with E-state index in [0.717, 1.165) is 23.9 Å². The Morgan fingerprint density at radius 1 is 0.486 bits per heavy atom. The van der Waals surface area contributed by atoms with Gasteiger partial charge in [0.2, 0.25) is 0 Å². The maximum absolute atomic E-state index is 11.0. The van der Waals surface area contributed by atoms with E-state index in [1.165, 1.54) is 66.1 Å². The molecular weight excluding hydrogens is 1380 g/mol. The van der Waals surface area contributed by atoms with Crippen LogP contribution in [0.1, 0.15) is 308 Å². The molecule has 0 radical (unpaired) electrons. The minimum absolute atomic E-state index is 0.0451. The van der Waals surface area contributed by atoms with Crippen LogP contribution in [0.25, 0.3) is 0 Å². The number of hydrogen-bond donors (Lipinski definition) is 1. The summed E-state index contributed by atoms with van der Waals surface area (Å²) >= 11 is 3.32. The van der Waals surface area contributed by atoms with Crippen molar-refractivity contribution in [1.29, 1.82) is 0 Å². The van der Waals surface area contributed by atoms with Crippen LogP contribution in [-0.4, -0.2) is 68.9 Å². The normalized spacial score (nSPS) is 13.1. The molecule has 0 fully saturated rings. The molecule has 11 rings (SSSR count). The summed E-state index contributed by atoms with van der Waals surface area (Å²) in [4.78, 5) is 41.2. The van der Waals surface area contributed by atoms with Gasteiger partial charge >= 0.3 is 0 Å². The molecule has 0 saturated heterocycles. The van der Waals surface area contributed by atoms with Gasteiger partial charge in [0, 0.05) is 137 Å². The van der Waals surface area contributed by atoms with Crippen LogP contribution in [-0.2, 0) is 69.9 Å². The molecule has 9 aromatic rings. The zero-order valence-electron chi connectivity index (χ0n) is 75.7. The summed E-state index contributed by atoms with van der Waals surface area (Å²) in [5.74, 6) is 0.956. The van der Waals surface area contributed by atoms with Gasteiger partial charge in [0.25, 0.3) is 0 Å². The Morgan fingerprint density at radius 3 is 1.28 bits per heavy atom. The number of aromatic amines is 1. The van der Waals surface area contributed by atoms with Gasteiger partial charge < -0.3 is 23.1 Å². The van der Waals surface area contributed by atoms with Crippen molar-refractivity contribution < 1.29 is 9.21 Å². The second-order valence-electron chi connectivity index (χ2n) is 39.5. The molecule has 0 spiro atoms. The van der Waals surface area contributed by atoms with Gasteiger partial charge in [-0.15, -0.1) is 22.7 Å². The molecule has 0 saturated carbocycles. The molecule has 0 aliphatic carbocycles. The lowest BCUT2D eigenvalue weighted by molar-refractivity contribution is 0.102. The van der Waals surface area contributed by atoms with Crippen molar-refractivity contribution in [2.24, 2.45) is 42.0 Å². The van der Waals surface area contributed by atoms with Gasteiger partial charge in [-0.2, -0.15) is 0 Å². The van der Waals surface area contributed by atoms with Gasteiger partial charge in [0.05, 0.1) is 35.5 Å². The van der Waals surface area contributed by atoms with Gasteiger partial charge in [-0.3, -0.25) is 19.8 Å². The first kappa shape index (κ1) is 99.5. The van der Waals surface area contributed by atoms with E-state index in [1.54, 1.807) is 48.3 Å². The maximum Gasteiger partial charge on any atom is 0.199 e. The summed E-state index contributed by atoms with van der Waals surface area (Å²) in [7, 11) is 6.16. The minimum atomic E-state index is 0.0451. The number of pyridine rings is 1. The Kier molecular flexibility index (Phi) is 39.0. The van der Waals surface area contributed by atoms with Crippen LogP contribution < -0.4 is 0 Å². The van der Waals surface area contributed by atoms with Crippen molar-refractivity contribution >= 4 is 39.9 Å². The zero-order valence-corrected chi connectivity index (χ0v) is 77.4. The zero-order chi connectivity index (χ0) is 84.2. The fourth-order valence-corrected chi connectivity index (χ4v) is 12.3. The molecule has 604 valence electrons. The van der Waals surface area contributed by atoms with Crippen molar-refractivity contribution in [1.82, 2.24) is 38.6 Å². The van der Waals surface area contributed by atoms with Crippen LogP contribution in [0, 0.1) is 10.8 Å². The molecule has 1 aromatic carbocycles. The highest BCUT2D eigenvalue weighted by atomic mass is 32.1. The second-order valence-corrected chi connectivity index (χ2v) is 41.5. The number of benzene rings is 1. The van der Waals surface area contributed by atoms with Gasteiger partial charge in [0.1, 0.15) is 6.26 Å². The summed E-state index contributed by atoms with van der Waals surface area (Å²) in [5, 5.41) is 3.23. The number of allylic oxidation sites excluding steroid dienone is 2. The Morgan fingerprint density at radius 2 is 1.06 bits per heavy atom. The number of aromatic nitrogens is 8. The summed E-state index contributed by atoms with van der Waals surface area (Å²) in [5.41, 5.74) is 16.0. The predicted octanol–water partition coefficient (Wildman–Crippen LogP) is 26.6. The number of aliphatic imine (C=N–C) groups is 2. The largest absolute Gasteiger partial charge is 0.448 e. The van der Waals surface area contributed by atoms with Crippen LogP contribution in [0.15, 0.2) is 197 Å². The fraction of sp³-hybridized carbons (Fsp3) is 0.547. The van der Waals surface area contributed by atoms with Crippen LogP contribution in [0.5, 0.6) is 0 Å². The van der Waals surface area contributed by atoms with E-state index in [4.69, 9.17) is 4.42 Å². The Labute approximate surface area is 672 Å². The molecule has 109 heavy (non-hydrogen) atoms. The number of thiazole rings is 1. The lowest BCUT2D eigenvalue weighted by atomic mass is 9.82. The first-order valence-electron chi connectivity index (χ1n) is 38.6. The van der Waals surface area contributed by atoms with E-state index in [-0.39, 0.29) is 49.1 Å². The topological polar surface area (TPSA) is 137 Å². The number of nitrogens with one attached hydrogen (secondary N) is 1. The van der Waals surface area contributed by atoms with E-state index < -0.39 is 0 Å². The molecule has 14 heteroatoms. The monoisotopic (exact) mass is 1530 g/mol. The molecule has 8 aromatic heterocycles. The Hall–Kier alpha value is -7.55. The van der Waals surface area contributed by atoms with Gasteiger partial charge in [0.15, 0.2) is 11.7 Å². The highest BCUT2D eigenvalue weighted by Crippen LogP contribution is 2.34. The lowest BCUT2D eigenvalue weighted by Crippen LogP contribution is -2.16. The van der Waals surface area contributed by atoms with Crippen molar-refractivity contribution in [3.8, 4) is 0 Å². The molecule has 0 unspecified atom stereocenters. The van der Waals surface area contributed by atoms with E-state index in [1.807, 2.05) is 67.9 Å². The summed E-state index contributed by atoms with van der Waals surface area (Å²) < 4.78 is 11.4. The van der Waals surface area contributed by atoms with E-state index in [2.05, 4.69) is 396 Å². The average Bonchev–Trinajstić information content (AvgIpc) is 1.70. The molecule has 0 bridgehead atoms. The van der Waals surface area contributed by atoms with E-state index in [0.29, 0.717) is 16.2 Å². The maximum atomic E-state index is 11.0. The number of oxazole rings is 1. The standard InChI is InChI=1S/C10H17N.C10H14OS.C10H14.2C9H15N.C9H13N.C8H14N2.2C8H13N.C7H11NO.C7H11NS/c1-7-6-11-8(2)9(7)10(3,4)5;1-7(11)8-5-6-9(12-8)10(2,3)4;1-10(2,3)9-7-5-4-6-8-9;1-9(2,3)8-5-6-10(4)7-8;1-9(2,3)8-6-5-7-10(8)4;1-9(2,3)8-5-4-6-10-7-8;1-8(2,3)7-5-9-6-10(7)4;1-8(2,3)7-4-5-9-6-7;1-8(2,3)7-5-4-6-9-7;2*1-7(2,3)6-8-4-5-9-6/h6H2,1-5H3;5-6H,1-4H3;4-8H,1-3H3;2*5-7H,1-4H3;4-7H,1-3H3;5-6H,1-4H3;4-6,9H,1-3H3;4-5H,6H2,1-3H3;2*4-5H,1-3H3. The smallest absolute Gasteiger partial charge is 0.199 e. The number of rotatable bonds is 1. The molecule has 0 amide bonds. The third kappa shape index (κ3) is 39.3. The molecule has 2 aliphatic heterocycles. The van der Waals surface area contributed by atoms with E-state index >= 15 is 0 Å². The van der Waals surface area contributed by atoms with Crippen molar-refractivity contribution in [2.75, 3.05) is 13.1 Å². The molecule has 0 atom stereocenters. The molecular formula is C95H150N10O2S2. The van der Waals surface area contributed by atoms with Crippen LogP contribution in [0.3, 0.4) is 0 Å². The summed E-state index contributed by atoms with van der Waals surface area (Å²) in [6, 6.07) is 27.1.